The minimum atomic E-state index is -2.15. The van der Waals surface area contributed by atoms with E-state index in [1.165, 1.54) is 21.5 Å². The van der Waals surface area contributed by atoms with Gasteiger partial charge >= 0.3 is 0 Å². The lowest BCUT2D eigenvalue weighted by atomic mass is 9.98. The summed E-state index contributed by atoms with van der Waals surface area (Å²) in [6, 6.07) is 50.3. The zero-order chi connectivity index (χ0) is 32.9. The van der Waals surface area contributed by atoms with Gasteiger partial charge in [-0.2, -0.15) is 10.2 Å². The van der Waals surface area contributed by atoms with Crippen LogP contribution in [-0.4, -0.2) is 35.0 Å². The molecule has 0 aliphatic heterocycles. The quantitative estimate of drug-likeness (QED) is 0.0609. The van der Waals surface area contributed by atoms with Gasteiger partial charge in [-0.25, -0.2) is 0 Å². The van der Waals surface area contributed by atoms with E-state index in [1.54, 1.807) is 7.05 Å². The summed E-state index contributed by atoms with van der Waals surface area (Å²) in [6.45, 7) is 2.13. The third kappa shape index (κ3) is 8.35. The van der Waals surface area contributed by atoms with Crippen LogP contribution in [0.4, 0.5) is 0 Å². The molecule has 0 saturated carbocycles. The Kier molecular flexibility index (Phi) is 11.9. The molecule has 0 unspecified atom stereocenters. The molecule has 0 amide bonds. The van der Waals surface area contributed by atoms with Crippen molar-refractivity contribution in [3.63, 3.8) is 0 Å². The van der Waals surface area contributed by atoms with Gasteiger partial charge in [0, 0.05) is 18.2 Å². The predicted octanol–water partition coefficient (Wildman–Crippen LogP) is 5.87. The molecule has 0 heterocycles. The number of nitrogens with zero attached hydrogens (tertiary/aromatic N) is 2. The minimum Gasteiger partial charge on any atom is -0.364 e. The van der Waals surface area contributed by atoms with Crippen molar-refractivity contribution in [3.8, 4) is 0 Å². The Labute approximate surface area is 288 Å². The van der Waals surface area contributed by atoms with Gasteiger partial charge < -0.3 is 10.6 Å². The molecule has 0 atom stereocenters. The van der Waals surface area contributed by atoms with Gasteiger partial charge in [0.05, 0.1) is 0 Å². The Morgan fingerprint density at radius 1 is 0.553 bits per heavy atom. The maximum atomic E-state index is 5.90. The van der Waals surface area contributed by atoms with Crippen LogP contribution in [0.2, 0.25) is 0 Å². The van der Waals surface area contributed by atoms with Crippen molar-refractivity contribution in [1.29, 1.82) is 0 Å². The molecule has 236 valence electrons. The lowest BCUT2D eigenvalue weighted by Crippen LogP contribution is -2.42. The van der Waals surface area contributed by atoms with Crippen molar-refractivity contribution in [2.45, 2.75) is 13.3 Å². The van der Waals surface area contributed by atoms with Crippen molar-refractivity contribution < 1.29 is 0 Å². The summed E-state index contributed by atoms with van der Waals surface area (Å²) in [5.74, 6) is 0. The van der Waals surface area contributed by atoms with Crippen LogP contribution in [0.3, 0.4) is 0 Å². The highest BCUT2D eigenvalue weighted by Gasteiger charge is 2.45. The van der Waals surface area contributed by atoms with E-state index < -0.39 is 7.26 Å². The number of hydrogen-bond donors (Lipinski definition) is 4. The molecule has 5 aromatic carbocycles. The van der Waals surface area contributed by atoms with Gasteiger partial charge in [0.25, 0.3) is 0 Å². The van der Waals surface area contributed by atoms with Crippen molar-refractivity contribution >= 4 is 69.3 Å². The Morgan fingerprint density at radius 2 is 0.957 bits per heavy atom. The number of aryl methyl sites for hydroxylation is 1. The van der Waals surface area contributed by atoms with Crippen LogP contribution >= 0.6 is 31.7 Å². The molecule has 0 saturated heterocycles. The summed E-state index contributed by atoms with van der Waals surface area (Å²) in [5, 5.41) is 20.7. The summed E-state index contributed by atoms with van der Waals surface area (Å²) in [7, 11) is -0.403. The zero-order valence-electron chi connectivity index (χ0n) is 26.4. The van der Waals surface area contributed by atoms with Gasteiger partial charge in [0.1, 0.15) is 40.9 Å². The number of hydrogen-bond acceptors (Lipinski definition) is 4. The monoisotopic (exact) mass is 673 g/mol. The summed E-state index contributed by atoms with van der Waals surface area (Å²) >= 11 is 11.3. The maximum Gasteiger partial charge on any atom is 0.189 e. The molecular weight excluding hydrogens is 636 g/mol. The van der Waals surface area contributed by atoms with Gasteiger partial charge in [-0.15, -0.1) is 0 Å². The first-order valence-electron chi connectivity index (χ1n) is 15.4. The van der Waals surface area contributed by atoms with Crippen LogP contribution in [0, 0.1) is 0 Å². The standard InChI is InChI=1S/C38H37N6PS2/c1-3-29-24-26-31(27-25-29)36(41-43-37(46)39-2)35(30-16-8-4-9-17-30)42-44-38(47)40-28-45(32-18-10-5-11-19-32,33-20-12-6-13-21-33)34-22-14-7-15-23-34/h4-27H,3,28H2,1-2H3,(H3-,39,40,41,42,43,44,46,47)/p+1. The smallest absolute Gasteiger partial charge is 0.189 e. The molecule has 0 aromatic heterocycles. The first kappa shape index (κ1) is 33.6. The minimum absolute atomic E-state index is 0.397. The fourth-order valence-electron chi connectivity index (χ4n) is 5.27. The maximum absolute atomic E-state index is 5.90. The third-order valence-corrected chi connectivity index (χ3v) is 12.4. The Hall–Kier alpha value is -4.75. The number of nitrogens with one attached hydrogen (secondary N) is 4. The molecular formula is C38H38N6PS2+. The van der Waals surface area contributed by atoms with E-state index in [1.807, 2.05) is 30.3 Å². The zero-order valence-corrected chi connectivity index (χ0v) is 29.0. The lowest BCUT2D eigenvalue weighted by molar-refractivity contribution is 0.958. The van der Waals surface area contributed by atoms with Crippen LogP contribution in [0.15, 0.2) is 156 Å². The second-order valence-electron chi connectivity index (χ2n) is 10.6. The molecule has 5 rings (SSSR count). The van der Waals surface area contributed by atoms with E-state index in [2.05, 4.69) is 144 Å². The molecule has 9 heteroatoms. The van der Waals surface area contributed by atoms with Crippen LogP contribution in [0.1, 0.15) is 23.6 Å². The summed E-state index contributed by atoms with van der Waals surface area (Å²) in [5.41, 5.74) is 10.3. The summed E-state index contributed by atoms with van der Waals surface area (Å²) in [6.07, 6.45) is 1.54. The molecule has 0 aliphatic carbocycles. The van der Waals surface area contributed by atoms with Crippen molar-refractivity contribution in [1.82, 2.24) is 21.5 Å². The highest BCUT2D eigenvalue weighted by Crippen LogP contribution is 2.54. The van der Waals surface area contributed by atoms with Gasteiger partial charge in [0.15, 0.2) is 10.2 Å². The topological polar surface area (TPSA) is 72.8 Å². The first-order chi connectivity index (χ1) is 23.0. The largest absolute Gasteiger partial charge is 0.364 e. The van der Waals surface area contributed by atoms with Gasteiger partial charge in [0.2, 0.25) is 0 Å². The van der Waals surface area contributed by atoms with Crippen molar-refractivity contribution in [2.24, 2.45) is 10.2 Å². The van der Waals surface area contributed by atoms with E-state index in [0.717, 1.165) is 17.5 Å². The molecule has 4 N–H and O–H groups in total. The van der Waals surface area contributed by atoms with E-state index in [-0.39, 0.29) is 0 Å². The van der Waals surface area contributed by atoms with Crippen LogP contribution in [0.25, 0.3) is 0 Å². The average Bonchev–Trinajstić information content (AvgIpc) is 3.15. The molecule has 47 heavy (non-hydrogen) atoms. The number of thiocarbonyl (C=S) groups is 2. The average molecular weight is 674 g/mol. The fraction of sp³-hybridized carbons (Fsp3) is 0.105. The molecule has 0 spiro atoms. The summed E-state index contributed by atoms with van der Waals surface area (Å²) < 4.78 is 0. The molecule has 0 bridgehead atoms. The predicted molar refractivity (Wildman–Crippen MR) is 209 cm³/mol. The Morgan fingerprint density at radius 3 is 1.38 bits per heavy atom. The van der Waals surface area contributed by atoms with Crippen molar-refractivity contribution in [3.05, 3.63) is 162 Å². The second kappa shape index (κ2) is 16.7. The second-order valence-corrected chi connectivity index (χ2v) is 14.9. The van der Waals surface area contributed by atoms with Gasteiger partial charge in [-0.1, -0.05) is 116 Å². The van der Waals surface area contributed by atoms with Gasteiger partial charge in [-0.05, 0) is 72.8 Å². The Bertz CT molecular complexity index is 1720. The molecule has 5 aromatic rings. The molecule has 6 nitrogen and oxygen atoms in total. The van der Waals surface area contributed by atoms with E-state index in [4.69, 9.17) is 34.6 Å². The Balaban J connectivity index is 1.51. The molecule has 0 aliphatic rings. The van der Waals surface area contributed by atoms with Crippen LogP contribution < -0.4 is 37.4 Å². The molecule has 0 radical (unpaired) electrons. The van der Waals surface area contributed by atoms with E-state index in [9.17, 15) is 0 Å². The fourth-order valence-corrected chi connectivity index (χ4v) is 9.42. The van der Waals surface area contributed by atoms with Crippen LogP contribution in [0.5, 0.6) is 0 Å². The SMILES string of the molecule is CCc1ccc(C(=N\NC(=S)NC)/C(=N/NC(=S)NC[P+](c2ccccc2)(c2ccccc2)c2ccccc2)c2ccccc2)cc1. The number of benzene rings is 5. The third-order valence-electron chi connectivity index (χ3n) is 7.74. The number of hydrazone groups is 2. The van der Waals surface area contributed by atoms with Crippen LogP contribution in [-0.2, 0) is 6.42 Å². The molecule has 0 fully saturated rings. The highest BCUT2D eigenvalue weighted by atomic mass is 32.1. The van der Waals surface area contributed by atoms with Gasteiger partial charge in [-0.3, -0.25) is 10.9 Å². The van der Waals surface area contributed by atoms with Crippen molar-refractivity contribution in [2.75, 3.05) is 13.3 Å². The first-order valence-corrected chi connectivity index (χ1v) is 18.2. The number of rotatable bonds is 11. The summed E-state index contributed by atoms with van der Waals surface area (Å²) in [4.78, 5) is 0. The normalized spacial score (nSPS) is 11.8. The van der Waals surface area contributed by atoms with E-state index in [0.29, 0.717) is 27.9 Å². The lowest BCUT2D eigenvalue weighted by Gasteiger charge is -2.28. The van der Waals surface area contributed by atoms with E-state index >= 15 is 0 Å². The highest BCUT2D eigenvalue weighted by molar-refractivity contribution is 7.95.